The average Bonchev–Trinajstić information content (AvgIpc) is 3.40. The molecule has 1 N–H and O–H groups in total. The monoisotopic (exact) mass is 557 g/mol. The van der Waals surface area contributed by atoms with Crippen molar-refractivity contribution < 1.29 is 9.53 Å². The molecule has 9 heteroatoms. The highest BCUT2D eigenvalue weighted by molar-refractivity contribution is 14.0. The number of nitrogens with one attached hydrogen (secondary N) is 1. The molecule has 1 aliphatic rings. The van der Waals surface area contributed by atoms with E-state index >= 15 is 0 Å². The van der Waals surface area contributed by atoms with Gasteiger partial charge >= 0.3 is 0 Å². The number of aliphatic imine (C=N–C) groups is 1. The fourth-order valence-corrected chi connectivity index (χ4v) is 4.33. The van der Waals surface area contributed by atoms with Crippen molar-refractivity contribution in [2.75, 3.05) is 27.7 Å². The number of amides is 1. The van der Waals surface area contributed by atoms with Gasteiger partial charge in [0.25, 0.3) is 0 Å². The lowest BCUT2D eigenvalue weighted by atomic mass is 10.1. The number of halogens is 1. The number of aromatic nitrogens is 1. The molecule has 1 unspecified atom stereocenters. The third-order valence-electron chi connectivity index (χ3n) is 5.29. The van der Waals surface area contributed by atoms with Crippen molar-refractivity contribution in [3.8, 4) is 0 Å². The molecule has 2 aromatic rings. The zero-order valence-corrected chi connectivity index (χ0v) is 21.8. The molecule has 7 nitrogen and oxygen atoms in total. The fourth-order valence-electron chi connectivity index (χ4n) is 3.49. The molecule has 1 aromatic carbocycles. The van der Waals surface area contributed by atoms with Gasteiger partial charge in [0.2, 0.25) is 5.91 Å². The zero-order chi connectivity index (χ0) is 21.5. The molecule has 1 aliphatic heterocycles. The van der Waals surface area contributed by atoms with E-state index in [1.165, 1.54) is 11.1 Å². The number of guanidine groups is 1. The number of benzene rings is 1. The third kappa shape index (κ3) is 6.88. The van der Waals surface area contributed by atoms with Crippen molar-refractivity contribution in [3.05, 3.63) is 51.5 Å². The van der Waals surface area contributed by atoms with Crippen LogP contribution in [0.25, 0.3) is 0 Å². The minimum absolute atomic E-state index is 0. The van der Waals surface area contributed by atoms with E-state index in [4.69, 9.17) is 4.74 Å². The largest absolute Gasteiger partial charge is 0.375 e. The standard InChI is InChI=1S/C22H31N5O2S.HI/c1-16(29-4)21-25-19(15-30-21)14-26(3)22(23-2)24-11-7-10-20(28)27-12-17-8-5-6-9-18(17)13-27;/h5-6,8-9,15-16H,7,10-14H2,1-4H3,(H,23,24);1H. The van der Waals surface area contributed by atoms with Crippen molar-refractivity contribution in [2.24, 2.45) is 4.99 Å². The summed E-state index contributed by atoms with van der Waals surface area (Å²) in [6, 6.07) is 8.27. The van der Waals surface area contributed by atoms with Crippen molar-refractivity contribution in [3.63, 3.8) is 0 Å². The van der Waals surface area contributed by atoms with E-state index < -0.39 is 0 Å². The lowest BCUT2D eigenvalue weighted by Gasteiger charge is -2.21. The Morgan fingerprint density at radius 2 is 2.03 bits per heavy atom. The molecule has 0 bridgehead atoms. The molecule has 0 saturated carbocycles. The Morgan fingerprint density at radius 3 is 2.65 bits per heavy atom. The van der Waals surface area contributed by atoms with Crippen molar-refractivity contribution in [1.82, 2.24) is 20.1 Å². The Morgan fingerprint density at radius 1 is 1.35 bits per heavy atom. The first kappa shape index (κ1) is 25.5. The first-order valence-electron chi connectivity index (χ1n) is 10.2. The van der Waals surface area contributed by atoms with Gasteiger partial charge in [-0.1, -0.05) is 24.3 Å². The number of fused-ring (bicyclic) bond motifs is 1. The van der Waals surface area contributed by atoms with Crippen LogP contribution in [0.3, 0.4) is 0 Å². The normalized spacial score (nSPS) is 14.1. The first-order valence-corrected chi connectivity index (χ1v) is 11.1. The molecule has 0 aliphatic carbocycles. The summed E-state index contributed by atoms with van der Waals surface area (Å²) >= 11 is 1.61. The van der Waals surface area contributed by atoms with Crippen molar-refractivity contribution in [1.29, 1.82) is 0 Å². The van der Waals surface area contributed by atoms with Gasteiger partial charge in [0, 0.05) is 52.6 Å². The first-order chi connectivity index (χ1) is 14.5. The van der Waals surface area contributed by atoms with Gasteiger partial charge < -0.3 is 19.9 Å². The van der Waals surface area contributed by atoms with Crippen LogP contribution in [-0.2, 0) is 29.2 Å². The van der Waals surface area contributed by atoms with Crippen LogP contribution in [0, 0.1) is 0 Å². The molecule has 31 heavy (non-hydrogen) atoms. The number of nitrogens with zero attached hydrogens (tertiary/aromatic N) is 4. The molecule has 2 heterocycles. The summed E-state index contributed by atoms with van der Waals surface area (Å²) in [4.78, 5) is 25.5. The summed E-state index contributed by atoms with van der Waals surface area (Å²) in [5, 5.41) is 6.38. The van der Waals surface area contributed by atoms with E-state index in [-0.39, 0.29) is 36.0 Å². The Bertz CT molecular complexity index is 863. The van der Waals surface area contributed by atoms with Gasteiger partial charge in [-0.05, 0) is 24.5 Å². The van der Waals surface area contributed by atoms with Crippen LogP contribution in [0.5, 0.6) is 0 Å². The van der Waals surface area contributed by atoms with Gasteiger partial charge in [-0.3, -0.25) is 9.79 Å². The number of ether oxygens (including phenoxy) is 1. The topological polar surface area (TPSA) is 70.1 Å². The van der Waals surface area contributed by atoms with Crippen LogP contribution in [-0.4, -0.2) is 54.4 Å². The molecule has 0 spiro atoms. The van der Waals surface area contributed by atoms with Gasteiger partial charge in [-0.2, -0.15) is 0 Å². The summed E-state index contributed by atoms with van der Waals surface area (Å²) in [7, 11) is 5.45. The van der Waals surface area contributed by atoms with Crippen molar-refractivity contribution >= 4 is 47.2 Å². The molecule has 0 saturated heterocycles. The predicted octanol–water partition coefficient (Wildman–Crippen LogP) is 3.80. The predicted molar refractivity (Wildman–Crippen MR) is 136 cm³/mol. The SMILES string of the molecule is CN=C(NCCCC(=O)N1Cc2ccccc2C1)N(C)Cc1csc(C(C)OC)n1.I. The highest BCUT2D eigenvalue weighted by Crippen LogP contribution is 2.23. The molecule has 1 atom stereocenters. The van der Waals surface area contributed by atoms with Crippen LogP contribution in [0.4, 0.5) is 0 Å². The van der Waals surface area contributed by atoms with E-state index in [9.17, 15) is 4.79 Å². The fraction of sp³-hybridized carbons (Fsp3) is 0.500. The number of hydrogen-bond donors (Lipinski definition) is 1. The highest BCUT2D eigenvalue weighted by Gasteiger charge is 2.22. The van der Waals surface area contributed by atoms with Crippen LogP contribution in [0.2, 0.25) is 0 Å². The van der Waals surface area contributed by atoms with E-state index in [0.29, 0.717) is 19.5 Å². The van der Waals surface area contributed by atoms with Gasteiger partial charge in [0.1, 0.15) is 11.1 Å². The average molecular weight is 558 g/mol. The van der Waals surface area contributed by atoms with Gasteiger partial charge in [0.05, 0.1) is 12.2 Å². The van der Waals surface area contributed by atoms with Gasteiger partial charge in [0.15, 0.2) is 5.96 Å². The number of carbonyl (C=O) groups is 1. The lowest BCUT2D eigenvalue weighted by Crippen LogP contribution is -2.39. The minimum atomic E-state index is 0. The summed E-state index contributed by atoms with van der Waals surface area (Å²) in [5.74, 6) is 1.00. The molecule has 0 radical (unpaired) electrons. The van der Waals surface area contributed by atoms with Crippen LogP contribution in [0.1, 0.15) is 47.7 Å². The van der Waals surface area contributed by atoms with E-state index in [1.54, 1.807) is 25.5 Å². The van der Waals surface area contributed by atoms with Crippen molar-refractivity contribution in [2.45, 2.75) is 45.5 Å². The number of methoxy groups -OCH3 is 1. The number of hydrogen-bond acceptors (Lipinski definition) is 5. The zero-order valence-electron chi connectivity index (χ0n) is 18.6. The Hall–Kier alpha value is -1.72. The van der Waals surface area contributed by atoms with E-state index in [1.807, 2.05) is 35.9 Å². The van der Waals surface area contributed by atoms with Crippen LogP contribution >= 0.6 is 35.3 Å². The maximum atomic E-state index is 12.5. The summed E-state index contributed by atoms with van der Waals surface area (Å²) < 4.78 is 5.33. The van der Waals surface area contributed by atoms with Crippen LogP contribution in [0.15, 0.2) is 34.6 Å². The molecule has 3 rings (SSSR count). The quantitative estimate of drug-likeness (QED) is 0.232. The molecule has 1 aromatic heterocycles. The van der Waals surface area contributed by atoms with E-state index in [2.05, 4.69) is 32.8 Å². The summed E-state index contributed by atoms with van der Waals surface area (Å²) in [6.45, 7) is 4.81. The second-order valence-electron chi connectivity index (χ2n) is 7.51. The van der Waals surface area contributed by atoms with Gasteiger partial charge in [-0.15, -0.1) is 35.3 Å². The van der Waals surface area contributed by atoms with E-state index in [0.717, 1.165) is 36.2 Å². The Balaban J connectivity index is 0.00000341. The Labute approximate surface area is 205 Å². The number of rotatable bonds is 8. The van der Waals surface area contributed by atoms with Crippen LogP contribution < -0.4 is 5.32 Å². The molecular weight excluding hydrogens is 525 g/mol. The lowest BCUT2D eigenvalue weighted by molar-refractivity contribution is -0.131. The highest BCUT2D eigenvalue weighted by atomic mass is 127. The maximum absolute atomic E-state index is 12.5. The second kappa shape index (κ2) is 12.4. The molecule has 0 fully saturated rings. The number of carbonyl (C=O) groups excluding carboxylic acids is 1. The summed E-state index contributed by atoms with van der Waals surface area (Å²) in [6.07, 6.45) is 1.31. The smallest absolute Gasteiger partial charge is 0.223 e. The minimum Gasteiger partial charge on any atom is -0.375 e. The summed E-state index contributed by atoms with van der Waals surface area (Å²) in [5.41, 5.74) is 3.51. The third-order valence-corrected chi connectivity index (χ3v) is 6.34. The molecular formula is C22H32IN5O2S. The number of thiazole rings is 1. The second-order valence-corrected chi connectivity index (χ2v) is 8.40. The van der Waals surface area contributed by atoms with Gasteiger partial charge in [-0.25, -0.2) is 4.98 Å². The Kier molecular flexibility index (Phi) is 10.2. The molecule has 1 amide bonds. The molecule has 170 valence electrons. The maximum Gasteiger partial charge on any atom is 0.223 e.